The quantitative estimate of drug-likeness (QED) is 0.505. The number of halogens is 1. The van der Waals surface area contributed by atoms with Crippen LogP contribution in [0, 0.1) is 5.82 Å². The molecule has 0 saturated carbocycles. The highest BCUT2D eigenvalue weighted by molar-refractivity contribution is 5.95. The van der Waals surface area contributed by atoms with Gasteiger partial charge in [0, 0.05) is 31.2 Å². The Morgan fingerprint density at radius 2 is 2.09 bits per heavy atom. The smallest absolute Gasteiger partial charge is 0.270 e. The van der Waals surface area contributed by atoms with E-state index in [1.807, 2.05) is 6.92 Å². The molecular formula is C24H26FN3O5. The Balaban J connectivity index is 1.56. The van der Waals surface area contributed by atoms with Gasteiger partial charge in [0.1, 0.15) is 17.0 Å². The number of aliphatic hydroxyl groups excluding tert-OH is 1. The van der Waals surface area contributed by atoms with Crippen LogP contribution < -0.4 is 10.6 Å². The van der Waals surface area contributed by atoms with Crippen LogP contribution in [0.2, 0.25) is 0 Å². The van der Waals surface area contributed by atoms with Crippen molar-refractivity contribution in [2.75, 3.05) is 19.8 Å². The Labute approximate surface area is 190 Å². The zero-order chi connectivity index (χ0) is 23.4. The zero-order valence-corrected chi connectivity index (χ0v) is 18.3. The van der Waals surface area contributed by atoms with Gasteiger partial charge in [0.15, 0.2) is 5.58 Å². The van der Waals surface area contributed by atoms with E-state index in [0.29, 0.717) is 41.8 Å². The molecule has 8 nitrogen and oxygen atoms in total. The SMILES string of the molecule is CCCNC(=O)c1ccc(Cc2cc(C(=O)N[C@H]3CCOC[C@@H]3O)nc3ccoc23)cc1F. The van der Waals surface area contributed by atoms with Crippen molar-refractivity contribution in [3.05, 3.63) is 64.8 Å². The molecule has 0 unspecified atom stereocenters. The standard InChI is InChI=1S/C24H26FN3O5/c1-2-7-26-23(30)16-4-3-14(11-17(16)25)10-15-12-20(27-19-6-9-33-22(15)19)24(31)28-18-5-8-32-13-21(18)29/h3-4,6,9,11-12,18,21,29H,2,5,7-8,10,13H2,1H3,(H,26,30)(H,28,31)/t18-,21-/m0/s1. The molecule has 2 aromatic heterocycles. The average Bonchev–Trinajstić information content (AvgIpc) is 3.28. The van der Waals surface area contributed by atoms with E-state index in [-0.39, 0.29) is 24.3 Å². The largest absolute Gasteiger partial charge is 0.462 e. The molecule has 1 fully saturated rings. The van der Waals surface area contributed by atoms with Crippen LogP contribution in [0.3, 0.4) is 0 Å². The third-order valence-corrected chi connectivity index (χ3v) is 5.57. The Morgan fingerprint density at radius 3 is 2.85 bits per heavy atom. The molecule has 1 aromatic carbocycles. The molecule has 1 aliphatic rings. The monoisotopic (exact) mass is 455 g/mol. The van der Waals surface area contributed by atoms with E-state index in [2.05, 4.69) is 15.6 Å². The summed E-state index contributed by atoms with van der Waals surface area (Å²) in [4.78, 5) is 29.3. The lowest BCUT2D eigenvalue weighted by atomic mass is 10.0. The first-order valence-electron chi connectivity index (χ1n) is 11.0. The van der Waals surface area contributed by atoms with Crippen LogP contribution in [0.25, 0.3) is 11.1 Å². The summed E-state index contributed by atoms with van der Waals surface area (Å²) < 4.78 is 25.3. The van der Waals surface area contributed by atoms with Crippen molar-refractivity contribution < 1.29 is 28.2 Å². The van der Waals surface area contributed by atoms with Gasteiger partial charge in [-0.2, -0.15) is 0 Å². The van der Waals surface area contributed by atoms with Gasteiger partial charge >= 0.3 is 0 Å². The number of nitrogens with one attached hydrogen (secondary N) is 2. The third-order valence-electron chi connectivity index (χ3n) is 5.57. The van der Waals surface area contributed by atoms with Crippen LogP contribution in [0.4, 0.5) is 4.39 Å². The lowest BCUT2D eigenvalue weighted by Crippen LogP contribution is -2.48. The fraction of sp³-hybridized carbons (Fsp3) is 0.375. The number of hydrogen-bond donors (Lipinski definition) is 3. The number of nitrogens with zero attached hydrogens (tertiary/aromatic N) is 1. The van der Waals surface area contributed by atoms with E-state index < -0.39 is 29.8 Å². The molecule has 33 heavy (non-hydrogen) atoms. The van der Waals surface area contributed by atoms with Gasteiger partial charge in [0.25, 0.3) is 11.8 Å². The second kappa shape index (κ2) is 10.1. The fourth-order valence-corrected chi connectivity index (χ4v) is 3.81. The number of ether oxygens (including phenoxy) is 1. The normalized spacial score (nSPS) is 18.3. The predicted molar refractivity (Wildman–Crippen MR) is 119 cm³/mol. The van der Waals surface area contributed by atoms with Crippen LogP contribution in [-0.4, -0.2) is 53.8 Å². The van der Waals surface area contributed by atoms with Crippen molar-refractivity contribution in [2.45, 2.75) is 38.3 Å². The van der Waals surface area contributed by atoms with E-state index >= 15 is 0 Å². The summed E-state index contributed by atoms with van der Waals surface area (Å²) in [6.07, 6.45) is 2.24. The maximum absolute atomic E-state index is 14.6. The summed E-state index contributed by atoms with van der Waals surface area (Å²) >= 11 is 0. The summed E-state index contributed by atoms with van der Waals surface area (Å²) in [5.41, 5.74) is 2.44. The second-order valence-corrected chi connectivity index (χ2v) is 8.06. The minimum Gasteiger partial charge on any atom is -0.462 e. The van der Waals surface area contributed by atoms with Crippen molar-refractivity contribution in [3.8, 4) is 0 Å². The van der Waals surface area contributed by atoms with Gasteiger partial charge < -0.3 is 24.9 Å². The van der Waals surface area contributed by atoms with E-state index in [4.69, 9.17) is 9.15 Å². The average molecular weight is 455 g/mol. The molecule has 2 amide bonds. The summed E-state index contributed by atoms with van der Waals surface area (Å²) in [7, 11) is 0. The van der Waals surface area contributed by atoms with E-state index in [1.54, 1.807) is 18.2 Å². The summed E-state index contributed by atoms with van der Waals surface area (Å²) in [5.74, 6) is -1.48. The highest BCUT2D eigenvalue weighted by atomic mass is 19.1. The number of benzene rings is 1. The predicted octanol–water partition coefficient (Wildman–Crippen LogP) is 2.58. The molecule has 0 radical (unpaired) electrons. The van der Waals surface area contributed by atoms with Gasteiger partial charge in [-0.15, -0.1) is 0 Å². The zero-order valence-electron chi connectivity index (χ0n) is 18.3. The molecule has 9 heteroatoms. The lowest BCUT2D eigenvalue weighted by molar-refractivity contribution is -0.0261. The first-order chi connectivity index (χ1) is 16.0. The van der Waals surface area contributed by atoms with Crippen LogP contribution >= 0.6 is 0 Å². The third kappa shape index (κ3) is 5.20. The minimum atomic E-state index is -0.782. The van der Waals surface area contributed by atoms with Gasteiger partial charge in [-0.05, 0) is 36.6 Å². The first-order valence-corrected chi connectivity index (χ1v) is 11.0. The Kier molecular flexibility index (Phi) is 7.00. The van der Waals surface area contributed by atoms with Gasteiger partial charge in [-0.1, -0.05) is 13.0 Å². The maximum atomic E-state index is 14.6. The number of pyridine rings is 1. The van der Waals surface area contributed by atoms with E-state index in [0.717, 1.165) is 6.42 Å². The van der Waals surface area contributed by atoms with Crippen LogP contribution in [0.5, 0.6) is 0 Å². The maximum Gasteiger partial charge on any atom is 0.270 e. The number of hydrogen-bond acceptors (Lipinski definition) is 6. The first kappa shape index (κ1) is 22.9. The van der Waals surface area contributed by atoms with Crippen molar-refractivity contribution >= 4 is 22.9 Å². The van der Waals surface area contributed by atoms with E-state index in [1.165, 1.54) is 18.4 Å². The van der Waals surface area contributed by atoms with Gasteiger partial charge in [0.2, 0.25) is 0 Å². The minimum absolute atomic E-state index is 0.0137. The molecule has 3 N–H and O–H groups in total. The van der Waals surface area contributed by atoms with E-state index in [9.17, 15) is 19.1 Å². The number of aliphatic hydroxyl groups is 1. The highest BCUT2D eigenvalue weighted by Crippen LogP contribution is 2.24. The molecule has 4 rings (SSSR count). The number of furan rings is 1. The molecular weight excluding hydrogens is 429 g/mol. The van der Waals surface area contributed by atoms with Gasteiger partial charge in [-0.25, -0.2) is 9.37 Å². The van der Waals surface area contributed by atoms with Crippen LogP contribution in [0.1, 0.15) is 51.7 Å². The summed E-state index contributed by atoms with van der Waals surface area (Å²) in [5, 5.41) is 15.5. The number of carbonyl (C=O) groups excluding carboxylic acids is 2. The number of rotatable bonds is 7. The topological polar surface area (TPSA) is 114 Å². The van der Waals surface area contributed by atoms with Crippen LogP contribution in [0.15, 0.2) is 41.0 Å². The Hall–Kier alpha value is -3.30. The molecule has 3 aromatic rings. The number of fused-ring (bicyclic) bond motifs is 1. The number of aromatic nitrogens is 1. The Morgan fingerprint density at radius 1 is 1.24 bits per heavy atom. The summed E-state index contributed by atoms with van der Waals surface area (Å²) in [6, 6.07) is 7.28. The van der Waals surface area contributed by atoms with Crippen LogP contribution in [-0.2, 0) is 11.2 Å². The van der Waals surface area contributed by atoms with Crippen molar-refractivity contribution in [3.63, 3.8) is 0 Å². The summed E-state index contributed by atoms with van der Waals surface area (Å²) in [6.45, 7) is 3.02. The van der Waals surface area contributed by atoms with Gasteiger partial charge in [0.05, 0.1) is 30.6 Å². The second-order valence-electron chi connectivity index (χ2n) is 8.06. The fourth-order valence-electron chi connectivity index (χ4n) is 3.81. The highest BCUT2D eigenvalue weighted by Gasteiger charge is 2.26. The van der Waals surface area contributed by atoms with Crippen molar-refractivity contribution in [1.29, 1.82) is 0 Å². The molecule has 2 atom stereocenters. The molecule has 0 bridgehead atoms. The lowest BCUT2D eigenvalue weighted by Gasteiger charge is -2.28. The molecule has 3 heterocycles. The number of carbonyl (C=O) groups is 2. The van der Waals surface area contributed by atoms with Crippen molar-refractivity contribution in [2.24, 2.45) is 0 Å². The molecule has 0 aliphatic carbocycles. The van der Waals surface area contributed by atoms with Crippen molar-refractivity contribution in [1.82, 2.24) is 15.6 Å². The van der Waals surface area contributed by atoms with Gasteiger partial charge in [-0.3, -0.25) is 9.59 Å². The molecule has 1 saturated heterocycles. The molecule has 174 valence electrons. The molecule has 1 aliphatic heterocycles. The number of amides is 2. The molecule has 0 spiro atoms. The Bertz CT molecular complexity index is 1160.